The fourth-order valence-corrected chi connectivity index (χ4v) is 2.34. The van der Waals surface area contributed by atoms with Crippen LogP contribution in [0.4, 0.5) is 0 Å². The molecule has 0 saturated heterocycles. The molecule has 0 aliphatic carbocycles. The minimum atomic E-state index is -0.0696. The minimum Gasteiger partial charge on any atom is -0.349 e. The topological polar surface area (TPSA) is 29.1 Å². The molecule has 0 bridgehead atoms. The summed E-state index contributed by atoms with van der Waals surface area (Å²) in [6.45, 7) is 1.99. The summed E-state index contributed by atoms with van der Waals surface area (Å²) in [6.07, 6.45) is 2.02. The molecular formula is C11H13ClINOS. The van der Waals surface area contributed by atoms with E-state index < -0.39 is 0 Å². The molecule has 88 valence electrons. The number of halogens is 2. The van der Waals surface area contributed by atoms with Crippen LogP contribution in [-0.4, -0.2) is 24.0 Å². The molecule has 1 aromatic carbocycles. The summed E-state index contributed by atoms with van der Waals surface area (Å²) in [4.78, 5) is 11.8. The first kappa shape index (κ1) is 14.1. The average molecular weight is 370 g/mol. The molecule has 1 atom stereocenters. The number of nitrogens with one attached hydrogen (secondary N) is 1. The van der Waals surface area contributed by atoms with Crippen molar-refractivity contribution in [3.8, 4) is 0 Å². The van der Waals surface area contributed by atoms with Crippen LogP contribution in [0.2, 0.25) is 5.02 Å². The van der Waals surface area contributed by atoms with Gasteiger partial charge in [0.25, 0.3) is 5.91 Å². The molecule has 0 aliphatic rings. The van der Waals surface area contributed by atoms with Crippen LogP contribution in [0.15, 0.2) is 18.2 Å². The van der Waals surface area contributed by atoms with Crippen molar-refractivity contribution in [2.45, 2.75) is 13.0 Å². The van der Waals surface area contributed by atoms with Crippen LogP contribution in [0.25, 0.3) is 0 Å². The van der Waals surface area contributed by atoms with Gasteiger partial charge in [-0.2, -0.15) is 11.8 Å². The van der Waals surface area contributed by atoms with Crippen LogP contribution >= 0.6 is 46.0 Å². The van der Waals surface area contributed by atoms with Crippen molar-refractivity contribution < 1.29 is 4.79 Å². The van der Waals surface area contributed by atoms with Crippen LogP contribution in [0.1, 0.15) is 17.3 Å². The smallest absolute Gasteiger partial charge is 0.251 e. The van der Waals surface area contributed by atoms with Crippen molar-refractivity contribution in [1.29, 1.82) is 0 Å². The quantitative estimate of drug-likeness (QED) is 0.824. The van der Waals surface area contributed by atoms with Gasteiger partial charge in [0.1, 0.15) is 0 Å². The van der Waals surface area contributed by atoms with Gasteiger partial charge in [-0.05, 0) is 54.0 Å². The lowest BCUT2D eigenvalue weighted by Crippen LogP contribution is -2.34. The third-order valence-electron chi connectivity index (χ3n) is 1.98. The lowest BCUT2D eigenvalue weighted by molar-refractivity contribution is 0.0944. The van der Waals surface area contributed by atoms with Crippen molar-refractivity contribution >= 4 is 51.9 Å². The molecule has 0 aliphatic heterocycles. The molecule has 0 spiro atoms. The SMILES string of the molecule is CSCC(C)NC(=O)c1ccc(I)c(Cl)c1. The Labute approximate surface area is 119 Å². The maximum Gasteiger partial charge on any atom is 0.251 e. The summed E-state index contributed by atoms with van der Waals surface area (Å²) < 4.78 is 0.952. The van der Waals surface area contributed by atoms with Gasteiger partial charge in [-0.15, -0.1) is 0 Å². The van der Waals surface area contributed by atoms with E-state index in [-0.39, 0.29) is 11.9 Å². The highest BCUT2D eigenvalue weighted by atomic mass is 127. The lowest BCUT2D eigenvalue weighted by Gasteiger charge is -2.12. The summed E-state index contributed by atoms with van der Waals surface area (Å²) in [7, 11) is 0. The first-order valence-corrected chi connectivity index (χ1v) is 7.64. The van der Waals surface area contributed by atoms with Crippen LogP contribution in [0, 0.1) is 3.57 Å². The molecule has 1 amide bonds. The molecule has 1 unspecified atom stereocenters. The van der Waals surface area contributed by atoms with Crippen molar-refractivity contribution in [1.82, 2.24) is 5.32 Å². The van der Waals surface area contributed by atoms with Crippen LogP contribution in [-0.2, 0) is 0 Å². The summed E-state index contributed by atoms with van der Waals surface area (Å²) in [5.74, 6) is 0.837. The second-order valence-corrected chi connectivity index (χ2v) is 5.94. The van der Waals surface area contributed by atoms with Gasteiger partial charge >= 0.3 is 0 Å². The second-order valence-electron chi connectivity index (χ2n) is 3.46. The highest BCUT2D eigenvalue weighted by molar-refractivity contribution is 14.1. The number of carbonyl (C=O) groups is 1. The Hall–Kier alpha value is 0.0600. The molecule has 2 nitrogen and oxygen atoms in total. The van der Waals surface area contributed by atoms with E-state index in [4.69, 9.17) is 11.6 Å². The van der Waals surface area contributed by atoms with Gasteiger partial charge in [0.15, 0.2) is 0 Å². The Balaban J connectivity index is 2.69. The first-order valence-electron chi connectivity index (χ1n) is 4.79. The highest BCUT2D eigenvalue weighted by Crippen LogP contribution is 2.19. The van der Waals surface area contributed by atoms with Gasteiger partial charge in [-0.3, -0.25) is 4.79 Å². The van der Waals surface area contributed by atoms with Gasteiger partial charge in [0, 0.05) is 20.9 Å². The molecule has 16 heavy (non-hydrogen) atoms. The standard InChI is InChI=1S/C11H13ClINOS/c1-7(6-16-2)14-11(15)8-3-4-10(13)9(12)5-8/h3-5,7H,6H2,1-2H3,(H,14,15). The number of carbonyl (C=O) groups excluding carboxylic acids is 1. The number of hydrogen-bond donors (Lipinski definition) is 1. The van der Waals surface area contributed by atoms with Gasteiger partial charge < -0.3 is 5.32 Å². The fourth-order valence-electron chi connectivity index (χ4n) is 1.24. The largest absolute Gasteiger partial charge is 0.349 e. The molecule has 1 aromatic rings. The predicted molar refractivity (Wildman–Crippen MR) is 79.5 cm³/mol. The zero-order chi connectivity index (χ0) is 12.1. The number of amides is 1. The van der Waals surface area contributed by atoms with Crippen molar-refractivity contribution in [3.05, 3.63) is 32.4 Å². The Morgan fingerprint density at radius 1 is 1.62 bits per heavy atom. The Morgan fingerprint density at radius 2 is 2.31 bits per heavy atom. The van der Waals surface area contributed by atoms with E-state index in [1.54, 1.807) is 23.9 Å². The normalized spacial score (nSPS) is 12.2. The molecule has 0 saturated carbocycles. The predicted octanol–water partition coefficient (Wildman–Crippen LogP) is 3.43. The number of thioether (sulfide) groups is 1. The third-order valence-corrected chi connectivity index (χ3v) is 4.38. The van der Waals surface area contributed by atoms with Crippen molar-refractivity contribution in [2.24, 2.45) is 0 Å². The van der Waals surface area contributed by atoms with E-state index in [0.29, 0.717) is 10.6 Å². The van der Waals surface area contributed by atoms with Crippen LogP contribution in [0.5, 0.6) is 0 Å². The van der Waals surface area contributed by atoms with E-state index in [0.717, 1.165) is 9.32 Å². The first-order chi connectivity index (χ1) is 7.54. The van der Waals surface area contributed by atoms with Gasteiger partial charge in [-0.1, -0.05) is 11.6 Å². The van der Waals surface area contributed by atoms with Crippen LogP contribution < -0.4 is 5.32 Å². The molecule has 0 heterocycles. The third kappa shape index (κ3) is 4.14. The molecule has 0 fully saturated rings. The van der Waals surface area contributed by atoms with Gasteiger partial charge in [-0.25, -0.2) is 0 Å². The fraction of sp³-hybridized carbons (Fsp3) is 0.364. The van der Waals surface area contributed by atoms with Gasteiger partial charge in [0.2, 0.25) is 0 Å². The summed E-state index contributed by atoms with van der Waals surface area (Å²) in [6, 6.07) is 5.50. The summed E-state index contributed by atoms with van der Waals surface area (Å²) >= 11 is 9.81. The molecule has 0 radical (unpaired) electrons. The van der Waals surface area contributed by atoms with E-state index in [9.17, 15) is 4.79 Å². The van der Waals surface area contributed by atoms with E-state index in [1.807, 2.05) is 19.2 Å². The molecular weight excluding hydrogens is 357 g/mol. The Bertz CT molecular complexity index is 386. The zero-order valence-electron chi connectivity index (χ0n) is 9.09. The van der Waals surface area contributed by atoms with E-state index in [1.165, 1.54) is 0 Å². The minimum absolute atomic E-state index is 0.0696. The number of benzene rings is 1. The molecule has 5 heteroatoms. The molecule has 0 aromatic heterocycles. The highest BCUT2D eigenvalue weighted by Gasteiger charge is 2.10. The van der Waals surface area contributed by atoms with Crippen molar-refractivity contribution in [2.75, 3.05) is 12.0 Å². The molecule has 1 rings (SSSR count). The average Bonchev–Trinajstić information content (AvgIpc) is 2.22. The van der Waals surface area contributed by atoms with E-state index in [2.05, 4.69) is 27.9 Å². The maximum absolute atomic E-state index is 11.8. The van der Waals surface area contributed by atoms with Gasteiger partial charge in [0.05, 0.1) is 5.02 Å². The van der Waals surface area contributed by atoms with Crippen LogP contribution in [0.3, 0.4) is 0 Å². The second kappa shape index (κ2) is 6.71. The zero-order valence-corrected chi connectivity index (χ0v) is 12.8. The summed E-state index contributed by atoms with van der Waals surface area (Å²) in [5.41, 5.74) is 0.610. The number of rotatable bonds is 4. The monoisotopic (exact) mass is 369 g/mol. The molecule has 1 N–H and O–H groups in total. The maximum atomic E-state index is 11.8. The Kier molecular flexibility index (Phi) is 5.92. The van der Waals surface area contributed by atoms with E-state index >= 15 is 0 Å². The lowest BCUT2D eigenvalue weighted by atomic mass is 10.2. The summed E-state index contributed by atoms with van der Waals surface area (Å²) in [5, 5.41) is 3.54. The number of hydrogen-bond acceptors (Lipinski definition) is 2. The van der Waals surface area contributed by atoms with Crippen molar-refractivity contribution in [3.63, 3.8) is 0 Å². The Morgan fingerprint density at radius 3 is 2.88 bits per heavy atom.